The number of hydrogen-bond acceptors (Lipinski definition) is 6. The van der Waals surface area contributed by atoms with Crippen LogP contribution in [0, 0.1) is 0 Å². The molecule has 1 atom stereocenters. The average molecular weight is 397 g/mol. The first-order valence-electron chi connectivity index (χ1n) is 8.77. The smallest absolute Gasteiger partial charge is 0.343 e. The summed E-state index contributed by atoms with van der Waals surface area (Å²) in [4.78, 5) is 12.6. The van der Waals surface area contributed by atoms with Gasteiger partial charge < -0.3 is 9.73 Å². The van der Waals surface area contributed by atoms with Crippen molar-refractivity contribution < 1.29 is 14.4 Å². The topological polar surface area (TPSA) is 81.3 Å². The normalized spacial score (nSPS) is 23.6. The number of hydroxylamine groups is 2. The van der Waals surface area contributed by atoms with Crippen molar-refractivity contribution in [2.75, 3.05) is 0 Å². The molecule has 1 aliphatic carbocycles. The second kappa shape index (κ2) is 7.98. The molecular formula is C17H24N4O3S2. The minimum atomic E-state index is -0.713. The standard InChI is InChI=1S/C17H24N4O3S2/c1-17(2)14(21(23)15(22)19-12-7-4-3-5-8-12)20(16(25)26-17)18-11-13-9-6-10-24-13/h6,9-12,14,23H,3-5,7-8H2,1-2H3,(H,19,22)/b18-11+. The van der Waals surface area contributed by atoms with Gasteiger partial charge in [0.15, 0.2) is 10.5 Å². The maximum Gasteiger partial charge on any atom is 0.343 e. The number of hydrogen-bond donors (Lipinski definition) is 2. The number of carbonyl (C=O) groups is 1. The zero-order valence-corrected chi connectivity index (χ0v) is 16.6. The second-order valence-electron chi connectivity index (χ2n) is 7.08. The summed E-state index contributed by atoms with van der Waals surface area (Å²) in [7, 11) is 0. The summed E-state index contributed by atoms with van der Waals surface area (Å²) in [5.41, 5.74) is 0. The molecule has 1 saturated heterocycles. The molecule has 0 aromatic carbocycles. The van der Waals surface area contributed by atoms with Crippen LogP contribution in [0.4, 0.5) is 4.79 Å². The van der Waals surface area contributed by atoms with Crippen LogP contribution in [-0.4, -0.2) is 48.8 Å². The highest BCUT2D eigenvalue weighted by Crippen LogP contribution is 2.42. The van der Waals surface area contributed by atoms with E-state index in [0.29, 0.717) is 10.1 Å². The minimum absolute atomic E-state index is 0.107. The van der Waals surface area contributed by atoms with Crippen LogP contribution in [0.5, 0.6) is 0 Å². The summed E-state index contributed by atoms with van der Waals surface area (Å²) in [5, 5.41) is 20.1. The molecule has 1 unspecified atom stereocenters. The highest BCUT2D eigenvalue weighted by molar-refractivity contribution is 8.24. The number of hydrazone groups is 1. The monoisotopic (exact) mass is 396 g/mol. The molecule has 1 aromatic rings. The van der Waals surface area contributed by atoms with Crippen LogP contribution in [0.15, 0.2) is 27.9 Å². The molecule has 2 fully saturated rings. The Morgan fingerprint density at radius 3 is 2.88 bits per heavy atom. The van der Waals surface area contributed by atoms with Crippen LogP contribution in [0.25, 0.3) is 0 Å². The fraction of sp³-hybridized carbons (Fsp3) is 0.588. The van der Waals surface area contributed by atoms with Crippen molar-refractivity contribution in [3.63, 3.8) is 0 Å². The van der Waals surface area contributed by atoms with Crippen molar-refractivity contribution in [2.24, 2.45) is 5.10 Å². The Morgan fingerprint density at radius 2 is 2.23 bits per heavy atom. The first-order valence-corrected chi connectivity index (χ1v) is 9.99. The molecule has 2 aliphatic rings. The number of carbonyl (C=O) groups excluding carboxylic acids is 1. The number of urea groups is 1. The molecule has 1 aromatic heterocycles. The molecule has 2 N–H and O–H groups in total. The minimum Gasteiger partial charge on any atom is -0.463 e. The van der Waals surface area contributed by atoms with Crippen molar-refractivity contribution in [3.8, 4) is 0 Å². The lowest BCUT2D eigenvalue weighted by Crippen LogP contribution is -2.57. The molecular weight excluding hydrogens is 372 g/mol. The predicted molar refractivity (Wildman–Crippen MR) is 105 cm³/mol. The molecule has 9 heteroatoms. The molecule has 7 nitrogen and oxygen atoms in total. The van der Waals surface area contributed by atoms with E-state index in [9.17, 15) is 10.0 Å². The number of nitrogens with zero attached hydrogens (tertiary/aromatic N) is 3. The SMILES string of the molecule is CC1(C)SC(=S)N(/N=C/c2ccco2)C1N(O)C(=O)NC1CCCCC1. The molecule has 1 aliphatic heterocycles. The van der Waals surface area contributed by atoms with Gasteiger partial charge in [0.2, 0.25) is 0 Å². The van der Waals surface area contributed by atoms with E-state index in [2.05, 4.69) is 10.4 Å². The van der Waals surface area contributed by atoms with Crippen molar-refractivity contribution in [2.45, 2.75) is 62.9 Å². The van der Waals surface area contributed by atoms with Crippen LogP contribution in [0.3, 0.4) is 0 Å². The van der Waals surface area contributed by atoms with Crippen LogP contribution in [0.1, 0.15) is 51.7 Å². The maximum atomic E-state index is 12.6. The van der Waals surface area contributed by atoms with Gasteiger partial charge in [-0.25, -0.2) is 9.80 Å². The summed E-state index contributed by atoms with van der Waals surface area (Å²) in [6.45, 7) is 3.85. The van der Waals surface area contributed by atoms with Gasteiger partial charge in [0.25, 0.3) is 0 Å². The first kappa shape index (κ1) is 19.2. The molecule has 0 spiro atoms. The second-order valence-corrected chi connectivity index (χ2v) is 9.37. The van der Waals surface area contributed by atoms with E-state index in [1.807, 2.05) is 13.8 Å². The number of furan rings is 1. The van der Waals surface area contributed by atoms with Gasteiger partial charge in [-0.1, -0.05) is 43.2 Å². The number of rotatable bonds is 4. The third-order valence-corrected chi connectivity index (χ3v) is 6.15. The highest BCUT2D eigenvalue weighted by atomic mass is 32.2. The highest BCUT2D eigenvalue weighted by Gasteiger charge is 2.50. The lowest BCUT2D eigenvalue weighted by Gasteiger charge is -2.35. The van der Waals surface area contributed by atoms with Gasteiger partial charge in [0, 0.05) is 6.04 Å². The molecule has 0 bridgehead atoms. The van der Waals surface area contributed by atoms with Crippen molar-refractivity contribution in [1.29, 1.82) is 0 Å². The van der Waals surface area contributed by atoms with Gasteiger partial charge in [-0.15, -0.1) is 0 Å². The summed E-state index contributed by atoms with van der Waals surface area (Å²) < 4.78 is 5.22. The lowest BCUT2D eigenvalue weighted by molar-refractivity contribution is -0.119. The number of nitrogens with one attached hydrogen (secondary N) is 1. The number of thioether (sulfide) groups is 1. The Balaban J connectivity index is 1.74. The van der Waals surface area contributed by atoms with Gasteiger partial charge in [-0.2, -0.15) is 10.2 Å². The van der Waals surface area contributed by atoms with E-state index in [1.54, 1.807) is 18.4 Å². The van der Waals surface area contributed by atoms with Gasteiger partial charge in [0.1, 0.15) is 5.76 Å². The van der Waals surface area contributed by atoms with E-state index >= 15 is 0 Å². The molecule has 3 rings (SSSR count). The van der Waals surface area contributed by atoms with E-state index in [-0.39, 0.29) is 6.04 Å². The van der Waals surface area contributed by atoms with Crippen LogP contribution >= 0.6 is 24.0 Å². The average Bonchev–Trinajstić information content (AvgIpc) is 3.18. The van der Waals surface area contributed by atoms with E-state index in [1.165, 1.54) is 29.4 Å². The summed E-state index contributed by atoms with van der Waals surface area (Å²) in [6, 6.07) is 3.12. The molecule has 1 saturated carbocycles. The summed E-state index contributed by atoms with van der Waals surface area (Å²) in [5.74, 6) is 0.567. The van der Waals surface area contributed by atoms with Crippen LogP contribution in [-0.2, 0) is 0 Å². The fourth-order valence-corrected chi connectivity index (χ4v) is 5.10. The van der Waals surface area contributed by atoms with Crippen molar-refractivity contribution in [3.05, 3.63) is 24.2 Å². The predicted octanol–water partition coefficient (Wildman–Crippen LogP) is 3.79. The Kier molecular flexibility index (Phi) is 5.89. The Labute approximate surface area is 162 Å². The van der Waals surface area contributed by atoms with Crippen molar-refractivity contribution >= 4 is 40.5 Å². The Bertz CT molecular complexity index is 672. The summed E-state index contributed by atoms with van der Waals surface area (Å²) in [6.07, 6.45) is 7.65. The first-order chi connectivity index (χ1) is 12.4. The maximum absolute atomic E-state index is 12.6. The molecule has 142 valence electrons. The van der Waals surface area contributed by atoms with Crippen LogP contribution < -0.4 is 5.32 Å². The zero-order valence-electron chi connectivity index (χ0n) is 14.9. The van der Waals surface area contributed by atoms with Gasteiger partial charge in [-0.05, 0) is 38.8 Å². The number of thiocarbonyl (C=S) groups is 1. The molecule has 2 amide bonds. The quantitative estimate of drug-likeness (QED) is 0.349. The van der Waals surface area contributed by atoms with Crippen LogP contribution in [0.2, 0.25) is 0 Å². The third-order valence-electron chi connectivity index (χ3n) is 4.62. The largest absolute Gasteiger partial charge is 0.463 e. The van der Waals surface area contributed by atoms with E-state index < -0.39 is 16.9 Å². The Morgan fingerprint density at radius 1 is 1.50 bits per heavy atom. The number of amides is 2. The molecule has 0 radical (unpaired) electrons. The third kappa shape index (κ3) is 4.21. The fourth-order valence-electron chi connectivity index (χ4n) is 3.31. The summed E-state index contributed by atoms with van der Waals surface area (Å²) >= 11 is 6.80. The van der Waals surface area contributed by atoms with Gasteiger partial charge in [-0.3, -0.25) is 5.21 Å². The zero-order chi connectivity index (χ0) is 18.7. The lowest BCUT2D eigenvalue weighted by atomic mass is 9.96. The van der Waals surface area contributed by atoms with E-state index in [0.717, 1.165) is 30.7 Å². The van der Waals surface area contributed by atoms with E-state index in [4.69, 9.17) is 16.6 Å². The molecule has 26 heavy (non-hydrogen) atoms. The van der Waals surface area contributed by atoms with Gasteiger partial charge >= 0.3 is 6.03 Å². The Hall–Kier alpha value is -1.58. The molecule has 2 heterocycles. The van der Waals surface area contributed by atoms with Gasteiger partial charge in [0.05, 0.1) is 17.2 Å². The van der Waals surface area contributed by atoms with Crippen molar-refractivity contribution in [1.82, 2.24) is 15.4 Å².